The van der Waals surface area contributed by atoms with Crippen molar-refractivity contribution < 1.29 is 19.4 Å². The summed E-state index contributed by atoms with van der Waals surface area (Å²) in [5.41, 5.74) is 3.95. The van der Waals surface area contributed by atoms with Gasteiger partial charge in [-0.05, 0) is 48.0 Å². The van der Waals surface area contributed by atoms with Crippen LogP contribution in [0.15, 0.2) is 85.2 Å². The Morgan fingerprint density at radius 3 is 2.50 bits per heavy atom. The standard InChI is InChI=1S/C26H20N2O4/c1-31-22-6-4-5-18(13-22)17-32-25-8-3-2-7-23(25)24-16-28(15-20(24)14-27)21-11-9-19(10-12-21)26(29)30/h2-13,15-16H,17H2,1H3,(H,29,30). The molecule has 158 valence electrons. The first-order valence-electron chi connectivity index (χ1n) is 9.90. The number of carboxylic acid groups (broad SMARTS) is 1. The molecule has 0 bridgehead atoms. The lowest BCUT2D eigenvalue weighted by atomic mass is 10.0. The second-order valence-corrected chi connectivity index (χ2v) is 7.09. The molecule has 0 spiro atoms. The van der Waals surface area contributed by atoms with Crippen molar-refractivity contribution in [3.05, 3.63) is 102 Å². The number of hydrogen-bond donors (Lipinski definition) is 1. The third-order valence-corrected chi connectivity index (χ3v) is 5.07. The molecule has 1 N–H and O–H groups in total. The molecule has 0 unspecified atom stereocenters. The molecule has 0 saturated carbocycles. The molecule has 6 heteroatoms. The maximum atomic E-state index is 11.1. The van der Waals surface area contributed by atoms with Gasteiger partial charge in [0.1, 0.15) is 24.2 Å². The molecule has 6 nitrogen and oxygen atoms in total. The summed E-state index contributed by atoms with van der Waals surface area (Å²) in [4.78, 5) is 11.1. The summed E-state index contributed by atoms with van der Waals surface area (Å²) in [5.74, 6) is 0.438. The molecule has 0 aliphatic rings. The number of benzene rings is 3. The highest BCUT2D eigenvalue weighted by atomic mass is 16.5. The quantitative estimate of drug-likeness (QED) is 0.435. The zero-order valence-corrected chi connectivity index (χ0v) is 17.4. The lowest BCUT2D eigenvalue weighted by Gasteiger charge is -2.12. The molecule has 1 aromatic heterocycles. The normalized spacial score (nSPS) is 10.4. The fourth-order valence-corrected chi connectivity index (χ4v) is 3.42. The Morgan fingerprint density at radius 2 is 1.78 bits per heavy atom. The second-order valence-electron chi connectivity index (χ2n) is 7.09. The van der Waals surface area contributed by atoms with E-state index in [4.69, 9.17) is 14.6 Å². The molecule has 0 aliphatic carbocycles. The first-order chi connectivity index (χ1) is 15.6. The van der Waals surface area contributed by atoms with Crippen LogP contribution in [0.5, 0.6) is 11.5 Å². The van der Waals surface area contributed by atoms with E-state index in [1.54, 1.807) is 30.0 Å². The predicted molar refractivity (Wildman–Crippen MR) is 120 cm³/mol. The average Bonchev–Trinajstić information content (AvgIpc) is 3.27. The highest BCUT2D eigenvalue weighted by molar-refractivity contribution is 5.87. The van der Waals surface area contributed by atoms with Gasteiger partial charge in [0.05, 0.1) is 18.2 Å². The smallest absolute Gasteiger partial charge is 0.335 e. The van der Waals surface area contributed by atoms with E-state index in [9.17, 15) is 10.1 Å². The summed E-state index contributed by atoms with van der Waals surface area (Å²) in [6.45, 7) is 0.355. The number of rotatable bonds is 7. The van der Waals surface area contributed by atoms with Crippen molar-refractivity contribution in [1.29, 1.82) is 5.26 Å². The van der Waals surface area contributed by atoms with Gasteiger partial charge in [-0.3, -0.25) is 0 Å². The molecular weight excluding hydrogens is 404 g/mol. The van der Waals surface area contributed by atoms with E-state index in [1.807, 2.05) is 54.7 Å². The molecule has 0 aliphatic heterocycles. The van der Waals surface area contributed by atoms with Crippen LogP contribution < -0.4 is 9.47 Å². The number of ether oxygens (including phenoxy) is 2. The highest BCUT2D eigenvalue weighted by Gasteiger charge is 2.15. The van der Waals surface area contributed by atoms with Gasteiger partial charge in [0.15, 0.2) is 0 Å². The number of hydrogen-bond acceptors (Lipinski definition) is 4. The van der Waals surface area contributed by atoms with Crippen molar-refractivity contribution in [2.45, 2.75) is 6.61 Å². The Kier molecular flexibility index (Phi) is 5.91. The van der Waals surface area contributed by atoms with Gasteiger partial charge in [-0.15, -0.1) is 0 Å². The van der Waals surface area contributed by atoms with E-state index in [2.05, 4.69) is 6.07 Å². The zero-order chi connectivity index (χ0) is 22.5. The van der Waals surface area contributed by atoms with Crippen LogP contribution in [0.3, 0.4) is 0 Å². The Hall–Kier alpha value is -4.50. The number of carboxylic acids is 1. The van der Waals surface area contributed by atoms with E-state index in [0.29, 0.717) is 17.9 Å². The third-order valence-electron chi connectivity index (χ3n) is 5.07. The largest absolute Gasteiger partial charge is 0.497 e. The van der Waals surface area contributed by atoms with Crippen molar-refractivity contribution in [2.75, 3.05) is 7.11 Å². The Bertz CT molecular complexity index is 1300. The summed E-state index contributed by atoms with van der Waals surface area (Å²) in [6.07, 6.45) is 3.58. The summed E-state index contributed by atoms with van der Waals surface area (Å²) >= 11 is 0. The van der Waals surface area contributed by atoms with Crippen LogP contribution in [-0.2, 0) is 6.61 Å². The van der Waals surface area contributed by atoms with E-state index in [-0.39, 0.29) is 5.56 Å². The van der Waals surface area contributed by atoms with Crippen LogP contribution >= 0.6 is 0 Å². The van der Waals surface area contributed by atoms with Crippen LogP contribution in [0.25, 0.3) is 16.8 Å². The Balaban J connectivity index is 1.65. The van der Waals surface area contributed by atoms with Gasteiger partial charge in [0.2, 0.25) is 0 Å². The number of nitriles is 1. The summed E-state index contributed by atoms with van der Waals surface area (Å²) in [5, 5.41) is 18.8. The van der Waals surface area contributed by atoms with Gasteiger partial charge in [0, 0.05) is 29.2 Å². The van der Waals surface area contributed by atoms with Crippen molar-refractivity contribution in [3.8, 4) is 34.4 Å². The van der Waals surface area contributed by atoms with Crippen molar-refractivity contribution >= 4 is 5.97 Å². The molecule has 0 atom stereocenters. The molecule has 4 aromatic rings. The second kappa shape index (κ2) is 9.11. The van der Waals surface area contributed by atoms with E-state index >= 15 is 0 Å². The maximum Gasteiger partial charge on any atom is 0.335 e. The fourth-order valence-electron chi connectivity index (χ4n) is 3.42. The molecule has 0 radical (unpaired) electrons. The Morgan fingerprint density at radius 1 is 1.00 bits per heavy atom. The minimum atomic E-state index is -0.982. The molecular formula is C26H20N2O4. The first kappa shape index (κ1) is 20.8. The maximum absolute atomic E-state index is 11.1. The number of aromatic nitrogens is 1. The first-order valence-corrected chi connectivity index (χ1v) is 9.90. The molecule has 4 rings (SSSR count). The molecule has 0 saturated heterocycles. The molecule has 1 heterocycles. The van der Waals surface area contributed by atoms with Gasteiger partial charge < -0.3 is 19.1 Å². The van der Waals surface area contributed by atoms with Gasteiger partial charge in [-0.1, -0.05) is 30.3 Å². The number of methoxy groups -OCH3 is 1. The topological polar surface area (TPSA) is 84.5 Å². The highest BCUT2D eigenvalue weighted by Crippen LogP contribution is 2.34. The fraction of sp³-hybridized carbons (Fsp3) is 0.0769. The number of para-hydroxylation sites is 1. The van der Waals surface area contributed by atoms with E-state index in [1.165, 1.54) is 12.1 Å². The van der Waals surface area contributed by atoms with Crippen LogP contribution in [0.4, 0.5) is 0 Å². The SMILES string of the molecule is COc1cccc(COc2ccccc2-c2cn(-c3ccc(C(=O)O)cc3)cc2C#N)c1. The lowest BCUT2D eigenvalue weighted by molar-refractivity contribution is 0.0697. The predicted octanol–water partition coefficient (Wildman–Crippen LogP) is 5.30. The van der Waals surface area contributed by atoms with Crippen LogP contribution in [0.2, 0.25) is 0 Å². The van der Waals surface area contributed by atoms with Gasteiger partial charge in [0.25, 0.3) is 0 Å². The lowest BCUT2D eigenvalue weighted by Crippen LogP contribution is -1.98. The monoisotopic (exact) mass is 424 g/mol. The summed E-state index contributed by atoms with van der Waals surface area (Å²) in [6, 6.07) is 24.0. The number of aromatic carboxylic acids is 1. The van der Waals surface area contributed by atoms with Gasteiger partial charge in [-0.2, -0.15) is 5.26 Å². The number of carbonyl (C=O) groups is 1. The van der Waals surface area contributed by atoms with Gasteiger partial charge >= 0.3 is 5.97 Å². The van der Waals surface area contributed by atoms with Crippen LogP contribution in [0.1, 0.15) is 21.5 Å². The summed E-state index contributed by atoms with van der Waals surface area (Å²) < 4.78 is 13.2. The van der Waals surface area contributed by atoms with Crippen molar-refractivity contribution in [1.82, 2.24) is 4.57 Å². The van der Waals surface area contributed by atoms with Crippen LogP contribution in [0, 0.1) is 11.3 Å². The van der Waals surface area contributed by atoms with Crippen molar-refractivity contribution in [3.63, 3.8) is 0 Å². The van der Waals surface area contributed by atoms with E-state index < -0.39 is 5.97 Å². The molecule has 0 fully saturated rings. The summed E-state index contributed by atoms with van der Waals surface area (Å²) in [7, 11) is 1.62. The van der Waals surface area contributed by atoms with Crippen LogP contribution in [-0.4, -0.2) is 22.8 Å². The minimum absolute atomic E-state index is 0.206. The van der Waals surface area contributed by atoms with Crippen molar-refractivity contribution in [2.24, 2.45) is 0 Å². The molecule has 3 aromatic carbocycles. The number of nitrogens with zero attached hydrogens (tertiary/aromatic N) is 2. The third kappa shape index (κ3) is 4.32. The Labute approximate surface area is 185 Å². The molecule has 0 amide bonds. The zero-order valence-electron chi connectivity index (χ0n) is 17.4. The van der Waals surface area contributed by atoms with Gasteiger partial charge in [-0.25, -0.2) is 4.79 Å². The minimum Gasteiger partial charge on any atom is -0.497 e. The van der Waals surface area contributed by atoms with E-state index in [0.717, 1.165) is 28.1 Å². The average molecular weight is 424 g/mol. The molecule has 32 heavy (non-hydrogen) atoms.